The number of benzene rings is 1. The lowest BCUT2D eigenvalue weighted by atomic mass is 10.1. The number of hydrogen-bond donors (Lipinski definition) is 1. The Kier molecular flexibility index (Phi) is 2.58. The van der Waals surface area contributed by atoms with Gasteiger partial charge in [-0.15, -0.1) is 0 Å². The average molecular weight is 223 g/mol. The molecule has 0 radical (unpaired) electrons. The SMILES string of the molecule is CC(C)N1c2ccc(F)cc2CC1C(=O)O. The lowest BCUT2D eigenvalue weighted by Gasteiger charge is -2.28. The summed E-state index contributed by atoms with van der Waals surface area (Å²) in [6.07, 6.45) is 0.376. The van der Waals surface area contributed by atoms with Gasteiger partial charge in [0.25, 0.3) is 0 Å². The van der Waals surface area contributed by atoms with Crippen molar-refractivity contribution in [1.82, 2.24) is 0 Å². The van der Waals surface area contributed by atoms with Crippen LogP contribution in [0.25, 0.3) is 0 Å². The zero-order valence-corrected chi connectivity index (χ0v) is 9.27. The molecule has 1 aromatic carbocycles. The quantitative estimate of drug-likeness (QED) is 0.834. The molecule has 1 atom stereocenters. The van der Waals surface area contributed by atoms with Crippen molar-refractivity contribution < 1.29 is 14.3 Å². The summed E-state index contributed by atoms with van der Waals surface area (Å²) in [4.78, 5) is 13.0. The zero-order valence-electron chi connectivity index (χ0n) is 9.27. The number of nitrogens with zero attached hydrogens (tertiary/aromatic N) is 1. The standard InChI is InChI=1S/C12H14FNO2/c1-7(2)14-10-4-3-9(13)5-8(10)6-11(14)12(15)16/h3-5,7,11H,6H2,1-2H3,(H,15,16). The fraction of sp³-hybridized carbons (Fsp3) is 0.417. The van der Waals surface area contributed by atoms with Gasteiger partial charge in [-0.05, 0) is 37.6 Å². The van der Waals surface area contributed by atoms with Crippen LogP contribution < -0.4 is 4.90 Å². The van der Waals surface area contributed by atoms with E-state index in [1.807, 2.05) is 18.7 Å². The second-order valence-electron chi connectivity index (χ2n) is 4.33. The first-order valence-electron chi connectivity index (χ1n) is 5.30. The monoisotopic (exact) mass is 223 g/mol. The van der Waals surface area contributed by atoms with Gasteiger partial charge in [0.15, 0.2) is 0 Å². The Bertz CT molecular complexity index is 431. The predicted molar refractivity (Wildman–Crippen MR) is 59.1 cm³/mol. The zero-order chi connectivity index (χ0) is 11.9. The number of fused-ring (bicyclic) bond motifs is 1. The van der Waals surface area contributed by atoms with E-state index >= 15 is 0 Å². The summed E-state index contributed by atoms with van der Waals surface area (Å²) in [5.74, 6) is -1.17. The summed E-state index contributed by atoms with van der Waals surface area (Å²) in [5.41, 5.74) is 1.62. The van der Waals surface area contributed by atoms with Gasteiger partial charge in [-0.3, -0.25) is 0 Å². The summed E-state index contributed by atoms with van der Waals surface area (Å²) in [6, 6.07) is 3.98. The van der Waals surface area contributed by atoms with Crippen LogP contribution in [0.1, 0.15) is 19.4 Å². The van der Waals surface area contributed by atoms with Gasteiger partial charge in [-0.25, -0.2) is 9.18 Å². The molecule has 86 valence electrons. The number of carboxylic acids is 1. The van der Waals surface area contributed by atoms with Gasteiger partial charge in [0.05, 0.1) is 0 Å². The van der Waals surface area contributed by atoms with Gasteiger partial charge in [0, 0.05) is 18.2 Å². The number of carboxylic acid groups (broad SMARTS) is 1. The highest BCUT2D eigenvalue weighted by Crippen LogP contribution is 2.34. The van der Waals surface area contributed by atoms with Crippen LogP contribution in [-0.2, 0) is 11.2 Å². The highest BCUT2D eigenvalue weighted by Gasteiger charge is 2.35. The van der Waals surface area contributed by atoms with E-state index in [4.69, 9.17) is 5.11 Å². The summed E-state index contributed by atoms with van der Waals surface area (Å²) < 4.78 is 13.1. The van der Waals surface area contributed by atoms with E-state index in [0.717, 1.165) is 11.3 Å². The Hall–Kier alpha value is -1.58. The van der Waals surface area contributed by atoms with Gasteiger partial charge < -0.3 is 10.0 Å². The third kappa shape index (κ3) is 1.64. The summed E-state index contributed by atoms with van der Waals surface area (Å²) in [5, 5.41) is 9.14. The molecule has 0 aliphatic carbocycles. The second-order valence-corrected chi connectivity index (χ2v) is 4.33. The first-order chi connectivity index (χ1) is 7.50. The summed E-state index contributed by atoms with van der Waals surface area (Å²) >= 11 is 0. The Morgan fingerprint density at radius 3 is 2.81 bits per heavy atom. The number of aliphatic carboxylic acids is 1. The fourth-order valence-electron chi connectivity index (χ4n) is 2.29. The van der Waals surface area contributed by atoms with Gasteiger partial charge in [-0.2, -0.15) is 0 Å². The minimum absolute atomic E-state index is 0.0906. The Labute approximate surface area is 93.5 Å². The molecule has 1 heterocycles. The first kappa shape index (κ1) is 10.9. The minimum Gasteiger partial charge on any atom is -0.480 e. The van der Waals surface area contributed by atoms with E-state index in [9.17, 15) is 9.18 Å². The number of halogens is 1. The molecule has 1 unspecified atom stereocenters. The molecule has 16 heavy (non-hydrogen) atoms. The maximum atomic E-state index is 13.1. The Morgan fingerprint density at radius 1 is 1.56 bits per heavy atom. The summed E-state index contributed by atoms with van der Waals surface area (Å²) in [6.45, 7) is 3.88. The van der Waals surface area contributed by atoms with Gasteiger partial charge in [0.2, 0.25) is 0 Å². The molecule has 2 rings (SSSR count). The van der Waals surface area contributed by atoms with Crippen LogP contribution in [-0.4, -0.2) is 23.2 Å². The Morgan fingerprint density at radius 2 is 2.25 bits per heavy atom. The molecule has 3 nitrogen and oxygen atoms in total. The van der Waals surface area contributed by atoms with Gasteiger partial charge >= 0.3 is 5.97 Å². The highest BCUT2D eigenvalue weighted by molar-refractivity contribution is 5.82. The third-order valence-electron chi connectivity index (χ3n) is 2.91. The third-order valence-corrected chi connectivity index (χ3v) is 2.91. The van der Waals surface area contributed by atoms with Crippen molar-refractivity contribution in [1.29, 1.82) is 0 Å². The van der Waals surface area contributed by atoms with Gasteiger partial charge in [0.1, 0.15) is 11.9 Å². The fourth-order valence-corrected chi connectivity index (χ4v) is 2.29. The van der Waals surface area contributed by atoms with Crippen LogP contribution in [0.15, 0.2) is 18.2 Å². The van der Waals surface area contributed by atoms with Crippen LogP contribution in [0.3, 0.4) is 0 Å². The molecule has 1 N–H and O–H groups in total. The van der Waals surface area contributed by atoms with Crippen molar-refractivity contribution in [2.45, 2.75) is 32.4 Å². The number of anilines is 1. The molecule has 0 fully saturated rings. The van der Waals surface area contributed by atoms with Gasteiger partial charge in [-0.1, -0.05) is 0 Å². The van der Waals surface area contributed by atoms with Crippen molar-refractivity contribution in [3.8, 4) is 0 Å². The summed E-state index contributed by atoms with van der Waals surface area (Å²) in [7, 11) is 0. The lowest BCUT2D eigenvalue weighted by Crippen LogP contribution is -2.42. The van der Waals surface area contributed by atoms with E-state index < -0.39 is 12.0 Å². The molecule has 1 aromatic rings. The molecule has 0 saturated carbocycles. The van der Waals surface area contributed by atoms with Crippen LogP contribution in [0.4, 0.5) is 10.1 Å². The van der Waals surface area contributed by atoms with Crippen LogP contribution in [0.2, 0.25) is 0 Å². The lowest BCUT2D eigenvalue weighted by molar-refractivity contribution is -0.138. The van der Waals surface area contributed by atoms with E-state index in [2.05, 4.69) is 0 Å². The van der Waals surface area contributed by atoms with E-state index in [1.54, 1.807) is 6.07 Å². The smallest absolute Gasteiger partial charge is 0.326 e. The minimum atomic E-state index is -0.856. The van der Waals surface area contributed by atoms with E-state index in [1.165, 1.54) is 12.1 Å². The van der Waals surface area contributed by atoms with E-state index in [-0.39, 0.29) is 11.9 Å². The molecular formula is C12H14FNO2. The molecule has 0 aromatic heterocycles. The van der Waals surface area contributed by atoms with Crippen molar-refractivity contribution in [3.05, 3.63) is 29.6 Å². The van der Waals surface area contributed by atoms with Crippen molar-refractivity contribution in [2.75, 3.05) is 4.90 Å². The van der Waals surface area contributed by atoms with Crippen molar-refractivity contribution >= 4 is 11.7 Å². The average Bonchev–Trinajstić information content (AvgIpc) is 2.55. The normalized spacial score (nSPS) is 19.0. The molecule has 1 aliphatic heterocycles. The molecule has 0 saturated heterocycles. The topological polar surface area (TPSA) is 40.5 Å². The van der Waals surface area contributed by atoms with E-state index in [0.29, 0.717) is 6.42 Å². The van der Waals surface area contributed by atoms with Crippen LogP contribution in [0.5, 0.6) is 0 Å². The molecule has 0 bridgehead atoms. The molecular weight excluding hydrogens is 209 g/mol. The van der Waals surface area contributed by atoms with Crippen molar-refractivity contribution in [2.24, 2.45) is 0 Å². The number of carbonyl (C=O) groups is 1. The number of rotatable bonds is 2. The molecule has 1 aliphatic rings. The molecule has 0 spiro atoms. The highest BCUT2D eigenvalue weighted by atomic mass is 19.1. The molecule has 0 amide bonds. The molecule has 4 heteroatoms. The van der Waals surface area contributed by atoms with Crippen LogP contribution in [0, 0.1) is 5.82 Å². The first-order valence-corrected chi connectivity index (χ1v) is 5.30. The maximum Gasteiger partial charge on any atom is 0.326 e. The van der Waals surface area contributed by atoms with Crippen molar-refractivity contribution in [3.63, 3.8) is 0 Å². The maximum absolute atomic E-state index is 13.1. The second kappa shape index (κ2) is 3.77. The van der Waals surface area contributed by atoms with Crippen LogP contribution >= 0.6 is 0 Å². The predicted octanol–water partition coefficient (Wildman–Crippen LogP) is 2.05. The largest absolute Gasteiger partial charge is 0.480 e. The number of hydrogen-bond acceptors (Lipinski definition) is 2. The Balaban J connectivity index is 2.45.